The molecular formula is C18H17ClF3NO4S. The highest BCUT2D eigenvalue weighted by molar-refractivity contribution is 7.90. The van der Waals surface area contributed by atoms with Crippen LogP contribution in [0, 0.1) is 0 Å². The van der Waals surface area contributed by atoms with Gasteiger partial charge in [-0.15, -0.1) is 0 Å². The van der Waals surface area contributed by atoms with E-state index in [0.29, 0.717) is 11.6 Å². The lowest BCUT2D eigenvalue weighted by molar-refractivity contribution is -0.137. The molecule has 2 aromatic carbocycles. The van der Waals surface area contributed by atoms with E-state index in [4.69, 9.17) is 11.6 Å². The van der Waals surface area contributed by atoms with E-state index < -0.39 is 44.6 Å². The summed E-state index contributed by atoms with van der Waals surface area (Å²) in [6, 6.07) is 10.0. The first-order valence-corrected chi connectivity index (χ1v) is 10.1. The van der Waals surface area contributed by atoms with E-state index in [-0.39, 0.29) is 10.7 Å². The maximum absolute atomic E-state index is 12.7. The van der Waals surface area contributed by atoms with Crippen molar-refractivity contribution in [2.24, 2.45) is 0 Å². The van der Waals surface area contributed by atoms with Crippen molar-refractivity contribution in [2.45, 2.75) is 24.5 Å². The summed E-state index contributed by atoms with van der Waals surface area (Å²) in [5.41, 5.74) is -3.27. The lowest BCUT2D eigenvalue weighted by Crippen LogP contribution is -2.46. The SMILES string of the molecule is C[C@](O)(CS(=O)(=O)Cc1ccccc1Cl)C(=O)Nc1cccc(C(F)(F)F)c1. The van der Waals surface area contributed by atoms with Crippen LogP contribution in [-0.2, 0) is 26.6 Å². The molecule has 152 valence electrons. The Hall–Kier alpha value is -2.10. The molecule has 10 heteroatoms. The van der Waals surface area contributed by atoms with E-state index in [0.717, 1.165) is 19.1 Å². The highest BCUT2D eigenvalue weighted by Gasteiger charge is 2.37. The largest absolute Gasteiger partial charge is 0.416 e. The molecule has 0 saturated heterocycles. The molecule has 0 spiro atoms. The molecule has 0 aromatic heterocycles. The Morgan fingerprint density at radius 2 is 1.79 bits per heavy atom. The molecule has 1 atom stereocenters. The van der Waals surface area contributed by atoms with Gasteiger partial charge in [-0.2, -0.15) is 13.2 Å². The van der Waals surface area contributed by atoms with Gasteiger partial charge in [-0.05, 0) is 36.8 Å². The standard InChI is InChI=1S/C18H17ClF3NO4S/c1-17(25,11-28(26,27)10-12-5-2-3-8-15(12)19)16(24)23-14-7-4-6-13(9-14)18(20,21)22/h2-9,25H,10-11H2,1H3,(H,23,24)/t17-/m0/s1. The number of carbonyl (C=O) groups excluding carboxylic acids is 1. The molecule has 0 aliphatic heterocycles. The van der Waals surface area contributed by atoms with Crippen molar-refractivity contribution in [1.82, 2.24) is 0 Å². The van der Waals surface area contributed by atoms with E-state index in [1.54, 1.807) is 12.1 Å². The molecule has 5 nitrogen and oxygen atoms in total. The maximum atomic E-state index is 12.7. The van der Waals surface area contributed by atoms with Crippen LogP contribution < -0.4 is 5.32 Å². The molecule has 2 N–H and O–H groups in total. The maximum Gasteiger partial charge on any atom is 0.416 e. The van der Waals surface area contributed by atoms with Gasteiger partial charge in [0.1, 0.15) is 0 Å². The van der Waals surface area contributed by atoms with Gasteiger partial charge in [0, 0.05) is 10.7 Å². The first-order valence-electron chi connectivity index (χ1n) is 7.95. The predicted molar refractivity (Wildman–Crippen MR) is 99.6 cm³/mol. The van der Waals surface area contributed by atoms with Gasteiger partial charge in [0.05, 0.1) is 17.1 Å². The highest BCUT2D eigenvalue weighted by Crippen LogP contribution is 2.31. The van der Waals surface area contributed by atoms with Crippen LogP contribution in [0.15, 0.2) is 48.5 Å². The van der Waals surface area contributed by atoms with Crippen LogP contribution in [0.2, 0.25) is 5.02 Å². The fourth-order valence-electron chi connectivity index (χ4n) is 2.44. The van der Waals surface area contributed by atoms with Crippen molar-refractivity contribution in [3.63, 3.8) is 0 Å². The number of halogens is 4. The second-order valence-corrected chi connectivity index (χ2v) is 8.90. The molecule has 0 saturated carbocycles. The van der Waals surface area contributed by atoms with Crippen LogP contribution in [0.1, 0.15) is 18.1 Å². The van der Waals surface area contributed by atoms with Crippen LogP contribution in [0.25, 0.3) is 0 Å². The molecule has 2 rings (SSSR count). The van der Waals surface area contributed by atoms with Gasteiger partial charge >= 0.3 is 6.18 Å². The Balaban J connectivity index is 2.13. The number of nitrogens with one attached hydrogen (secondary N) is 1. The first-order chi connectivity index (χ1) is 12.8. The fraction of sp³-hybridized carbons (Fsp3) is 0.278. The van der Waals surface area contributed by atoms with E-state index in [9.17, 15) is 31.5 Å². The highest BCUT2D eigenvalue weighted by atomic mass is 35.5. The van der Waals surface area contributed by atoms with Gasteiger partial charge in [0.15, 0.2) is 15.4 Å². The second kappa shape index (κ2) is 8.10. The summed E-state index contributed by atoms with van der Waals surface area (Å²) in [7, 11) is -3.96. The Labute approximate surface area is 165 Å². The summed E-state index contributed by atoms with van der Waals surface area (Å²) >= 11 is 5.92. The van der Waals surface area contributed by atoms with Gasteiger partial charge in [0.2, 0.25) is 0 Å². The molecule has 0 unspecified atom stereocenters. The third kappa shape index (κ3) is 5.95. The summed E-state index contributed by atoms with van der Waals surface area (Å²) in [5, 5.41) is 12.6. The fourth-order valence-corrected chi connectivity index (χ4v) is 4.53. The smallest absolute Gasteiger partial charge is 0.379 e. The number of benzene rings is 2. The Morgan fingerprint density at radius 3 is 2.39 bits per heavy atom. The van der Waals surface area contributed by atoms with Gasteiger partial charge < -0.3 is 10.4 Å². The zero-order chi connectivity index (χ0) is 21.2. The van der Waals surface area contributed by atoms with Crippen molar-refractivity contribution in [1.29, 1.82) is 0 Å². The number of sulfone groups is 1. The summed E-state index contributed by atoms with van der Waals surface area (Å²) in [4.78, 5) is 12.3. The number of aliphatic hydroxyl groups is 1. The third-order valence-electron chi connectivity index (χ3n) is 3.77. The summed E-state index contributed by atoms with van der Waals surface area (Å²) in [6.45, 7) is 0.972. The van der Waals surface area contributed by atoms with Gasteiger partial charge in [0.25, 0.3) is 5.91 Å². The number of hydrogen-bond acceptors (Lipinski definition) is 4. The lowest BCUT2D eigenvalue weighted by Gasteiger charge is -2.22. The van der Waals surface area contributed by atoms with E-state index in [2.05, 4.69) is 5.32 Å². The Morgan fingerprint density at radius 1 is 1.14 bits per heavy atom. The third-order valence-corrected chi connectivity index (χ3v) is 5.89. The molecule has 28 heavy (non-hydrogen) atoms. The van der Waals surface area contributed by atoms with Crippen molar-refractivity contribution in [3.05, 3.63) is 64.7 Å². The van der Waals surface area contributed by atoms with Crippen molar-refractivity contribution < 1.29 is 31.5 Å². The summed E-state index contributed by atoms with van der Waals surface area (Å²) in [5.74, 6) is -2.58. The quantitative estimate of drug-likeness (QED) is 0.725. The monoisotopic (exact) mass is 435 g/mol. The zero-order valence-corrected chi connectivity index (χ0v) is 16.2. The van der Waals surface area contributed by atoms with Crippen LogP contribution in [0.4, 0.5) is 18.9 Å². The predicted octanol–water partition coefficient (Wildman–Crippen LogP) is 3.66. The minimum atomic E-state index is -4.61. The number of alkyl halides is 3. The minimum Gasteiger partial charge on any atom is -0.379 e. The molecule has 2 aromatic rings. The summed E-state index contributed by atoms with van der Waals surface area (Å²) in [6.07, 6.45) is -4.61. The number of anilines is 1. The van der Waals surface area contributed by atoms with E-state index in [1.165, 1.54) is 18.2 Å². The average Bonchev–Trinajstić information content (AvgIpc) is 2.55. The van der Waals surface area contributed by atoms with Crippen molar-refractivity contribution >= 4 is 33.0 Å². The molecular weight excluding hydrogens is 419 g/mol. The zero-order valence-electron chi connectivity index (χ0n) is 14.6. The molecule has 0 fully saturated rings. The van der Waals surface area contributed by atoms with Crippen LogP contribution in [0.5, 0.6) is 0 Å². The molecule has 0 aliphatic rings. The van der Waals surface area contributed by atoms with Crippen molar-refractivity contribution in [2.75, 3.05) is 11.1 Å². The van der Waals surface area contributed by atoms with E-state index in [1.807, 2.05) is 0 Å². The van der Waals surface area contributed by atoms with Crippen LogP contribution >= 0.6 is 11.6 Å². The topological polar surface area (TPSA) is 83.5 Å². The normalized spacial score (nSPS) is 14.4. The lowest BCUT2D eigenvalue weighted by atomic mass is 10.1. The molecule has 0 bridgehead atoms. The molecule has 0 heterocycles. The summed E-state index contributed by atoms with van der Waals surface area (Å²) < 4.78 is 63.0. The number of rotatable bonds is 6. The van der Waals surface area contributed by atoms with Crippen LogP contribution in [-0.4, -0.2) is 30.8 Å². The molecule has 0 aliphatic carbocycles. The second-order valence-electron chi connectivity index (χ2n) is 6.43. The Bertz CT molecular complexity index is 975. The molecule has 0 radical (unpaired) electrons. The number of hydrogen-bond donors (Lipinski definition) is 2. The van der Waals surface area contributed by atoms with Gasteiger partial charge in [-0.3, -0.25) is 4.79 Å². The van der Waals surface area contributed by atoms with Gasteiger partial charge in [-0.25, -0.2) is 8.42 Å². The average molecular weight is 436 g/mol. The number of carbonyl (C=O) groups is 1. The van der Waals surface area contributed by atoms with E-state index >= 15 is 0 Å². The number of amides is 1. The first kappa shape index (κ1) is 22.2. The molecule has 1 amide bonds. The van der Waals surface area contributed by atoms with Crippen molar-refractivity contribution in [3.8, 4) is 0 Å². The minimum absolute atomic E-state index is 0.219. The van der Waals surface area contributed by atoms with Crippen LogP contribution in [0.3, 0.4) is 0 Å². The van der Waals surface area contributed by atoms with Gasteiger partial charge in [-0.1, -0.05) is 35.9 Å². The Kier molecular flexibility index (Phi) is 6.42.